The SMILES string of the molecule is NCCCCCCc1c[nH]c(=O)nc1N.OC[C@H]1OC[C@H](O)[C@@H]1O. The summed E-state index contributed by atoms with van der Waals surface area (Å²) in [4.78, 5) is 17.0. The van der Waals surface area contributed by atoms with Crippen molar-refractivity contribution >= 4 is 5.82 Å². The second-order valence-corrected chi connectivity index (χ2v) is 5.68. The topological polar surface area (TPSA) is 168 Å². The molecule has 2 rings (SSSR count). The lowest BCUT2D eigenvalue weighted by Gasteiger charge is -2.10. The van der Waals surface area contributed by atoms with Crippen LogP contribution < -0.4 is 17.2 Å². The van der Waals surface area contributed by atoms with Crippen LogP contribution in [0.15, 0.2) is 11.0 Å². The van der Waals surface area contributed by atoms with E-state index in [4.69, 9.17) is 31.5 Å². The number of nitrogens with zero attached hydrogens (tertiary/aromatic N) is 1. The first-order valence-corrected chi connectivity index (χ1v) is 8.12. The minimum atomic E-state index is -0.921. The van der Waals surface area contributed by atoms with Gasteiger partial charge in [-0.05, 0) is 25.8 Å². The molecule has 24 heavy (non-hydrogen) atoms. The van der Waals surface area contributed by atoms with Gasteiger partial charge in [0, 0.05) is 11.8 Å². The number of hydrogen-bond donors (Lipinski definition) is 6. The van der Waals surface area contributed by atoms with Gasteiger partial charge in [0.15, 0.2) is 0 Å². The number of anilines is 1. The van der Waals surface area contributed by atoms with E-state index in [0.29, 0.717) is 5.82 Å². The van der Waals surface area contributed by atoms with Crippen molar-refractivity contribution in [2.45, 2.75) is 50.4 Å². The Labute approximate surface area is 140 Å². The summed E-state index contributed by atoms with van der Waals surface area (Å²) in [7, 11) is 0. The number of H-pyrrole nitrogens is 1. The Hall–Kier alpha value is -1.52. The van der Waals surface area contributed by atoms with E-state index in [1.54, 1.807) is 6.20 Å². The summed E-state index contributed by atoms with van der Waals surface area (Å²) in [6, 6.07) is 0. The van der Waals surface area contributed by atoms with E-state index in [0.717, 1.165) is 44.2 Å². The molecule has 1 aromatic rings. The van der Waals surface area contributed by atoms with Crippen LogP contribution in [-0.4, -0.2) is 63.4 Å². The fourth-order valence-corrected chi connectivity index (χ4v) is 2.28. The largest absolute Gasteiger partial charge is 0.394 e. The maximum absolute atomic E-state index is 10.8. The lowest BCUT2D eigenvalue weighted by atomic mass is 10.1. The quantitative estimate of drug-likeness (QED) is 0.325. The van der Waals surface area contributed by atoms with Crippen molar-refractivity contribution in [3.63, 3.8) is 0 Å². The minimum absolute atomic E-state index is 0.117. The lowest BCUT2D eigenvalue weighted by Crippen LogP contribution is -2.31. The number of aryl methyl sites for hydroxylation is 1. The highest BCUT2D eigenvalue weighted by Crippen LogP contribution is 2.12. The molecule has 0 aromatic carbocycles. The van der Waals surface area contributed by atoms with Crippen LogP contribution in [0.1, 0.15) is 31.2 Å². The number of unbranched alkanes of at least 4 members (excludes halogenated alkanes) is 3. The van der Waals surface area contributed by atoms with E-state index in [1.807, 2.05) is 0 Å². The summed E-state index contributed by atoms with van der Waals surface area (Å²) in [6.45, 7) is 0.632. The molecule has 1 aliphatic heterocycles. The number of ether oxygens (including phenoxy) is 1. The first-order chi connectivity index (χ1) is 11.5. The molecular weight excluding hydrogens is 316 g/mol. The predicted octanol–water partition coefficient (Wildman–Crippen LogP) is -1.49. The van der Waals surface area contributed by atoms with Crippen LogP contribution in [0.5, 0.6) is 0 Å². The van der Waals surface area contributed by atoms with Crippen molar-refractivity contribution in [3.8, 4) is 0 Å². The third-order valence-electron chi connectivity index (χ3n) is 3.76. The first-order valence-electron chi connectivity index (χ1n) is 8.12. The normalized spacial score (nSPS) is 22.9. The molecule has 9 heteroatoms. The van der Waals surface area contributed by atoms with Crippen molar-refractivity contribution in [1.82, 2.24) is 9.97 Å². The van der Waals surface area contributed by atoms with E-state index < -0.39 is 18.3 Å². The third-order valence-corrected chi connectivity index (χ3v) is 3.76. The molecule has 0 bridgehead atoms. The highest BCUT2D eigenvalue weighted by molar-refractivity contribution is 5.36. The zero-order valence-electron chi connectivity index (χ0n) is 13.7. The summed E-state index contributed by atoms with van der Waals surface area (Å²) < 4.78 is 4.78. The molecule has 9 nitrogen and oxygen atoms in total. The van der Waals surface area contributed by atoms with Crippen molar-refractivity contribution in [3.05, 3.63) is 22.2 Å². The predicted molar refractivity (Wildman–Crippen MR) is 89.3 cm³/mol. The van der Waals surface area contributed by atoms with Gasteiger partial charge in [-0.3, -0.25) is 0 Å². The van der Waals surface area contributed by atoms with Gasteiger partial charge < -0.3 is 36.5 Å². The van der Waals surface area contributed by atoms with E-state index >= 15 is 0 Å². The maximum Gasteiger partial charge on any atom is 0.346 e. The highest BCUT2D eigenvalue weighted by atomic mass is 16.5. The van der Waals surface area contributed by atoms with Crippen LogP contribution in [0.2, 0.25) is 0 Å². The standard InChI is InChI=1S/C10H18N4O.C5H10O4/c11-6-4-2-1-3-5-8-7-13-10(15)14-9(8)12;6-1-4-5(8)3(7)2-9-4/h7H,1-6,11H2,(H3,12,13,14,15);3-8H,1-2H2/t;3-,4+,5-/m.0/s1. The Morgan fingerprint density at radius 3 is 2.50 bits per heavy atom. The molecule has 1 aromatic heterocycles. The summed E-state index contributed by atoms with van der Waals surface area (Å²) in [5.74, 6) is 0.345. The summed E-state index contributed by atoms with van der Waals surface area (Å²) in [6.07, 6.45) is 4.56. The number of aliphatic hydroxyl groups is 3. The molecule has 0 saturated carbocycles. The average Bonchev–Trinajstić information content (AvgIpc) is 2.88. The van der Waals surface area contributed by atoms with Crippen molar-refractivity contribution in [2.24, 2.45) is 5.73 Å². The number of nitrogens with two attached hydrogens (primary N) is 2. The van der Waals surface area contributed by atoms with Gasteiger partial charge in [0.1, 0.15) is 24.1 Å². The number of rotatable bonds is 7. The molecule has 0 spiro atoms. The van der Waals surface area contributed by atoms with E-state index in [1.165, 1.54) is 0 Å². The van der Waals surface area contributed by atoms with Gasteiger partial charge in [0.25, 0.3) is 0 Å². The zero-order valence-corrected chi connectivity index (χ0v) is 13.7. The monoisotopic (exact) mass is 344 g/mol. The van der Waals surface area contributed by atoms with E-state index in [9.17, 15) is 4.79 Å². The smallest absolute Gasteiger partial charge is 0.346 e. The Morgan fingerprint density at radius 1 is 1.29 bits per heavy atom. The van der Waals surface area contributed by atoms with Crippen LogP contribution in [0.3, 0.4) is 0 Å². The second-order valence-electron chi connectivity index (χ2n) is 5.68. The first kappa shape index (κ1) is 20.5. The highest BCUT2D eigenvalue weighted by Gasteiger charge is 2.33. The van der Waals surface area contributed by atoms with Gasteiger partial charge in [-0.2, -0.15) is 4.98 Å². The molecule has 0 amide bonds. The van der Waals surface area contributed by atoms with Crippen LogP contribution in [-0.2, 0) is 11.2 Å². The zero-order chi connectivity index (χ0) is 17.9. The molecule has 1 saturated heterocycles. The molecule has 0 aliphatic carbocycles. The summed E-state index contributed by atoms with van der Waals surface area (Å²) in [5, 5.41) is 26.2. The van der Waals surface area contributed by atoms with Crippen molar-refractivity contribution in [2.75, 3.05) is 25.5 Å². The Kier molecular flexibility index (Phi) is 9.50. The number of nitrogen functional groups attached to an aromatic ring is 1. The average molecular weight is 344 g/mol. The number of nitrogens with one attached hydrogen (secondary N) is 1. The van der Waals surface area contributed by atoms with Gasteiger partial charge in [0.2, 0.25) is 0 Å². The molecule has 0 radical (unpaired) electrons. The van der Waals surface area contributed by atoms with Crippen LogP contribution in [0.4, 0.5) is 5.82 Å². The molecule has 2 heterocycles. The fraction of sp³-hybridized carbons (Fsp3) is 0.733. The van der Waals surface area contributed by atoms with Gasteiger partial charge in [-0.25, -0.2) is 4.79 Å². The van der Waals surface area contributed by atoms with Gasteiger partial charge in [0.05, 0.1) is 13.2 Å². The molecule has 0 unspecified atom stereocenters. The van der Waals surface area contributed by atoms with Gasteiger partial charge in [-0.1, -0.05) is 12.8 Å². The lowest BCUT2D eigenvalue weighted by molar-refractivity contribution is -0.00588. The van der Waals surface area contributed by atoms with Gasteiger partial charge >= 0.3 is 5.69 Å². The second kappa shape index (κ2) is 11.1. The molecule has 1 aliphatic rings. The van der Waals surface area contributed by atoms with Crippen molar-refractivity contribution < 1.29 is 20.1 Å². The van der Waals surface area contributed by atoms with Crippen LogP contribution in [0, 0.1) is 0 Å². The molecule has 8 N–H and O–H groups in total. The summed E-state index contributed by atoms with van der Waals surface area (Å²) >= 11 is 0. The van der Waals surface area contributed by atoms with E-state index in [-0.39, 0.29) is 18.9 Å². The summed E-state index contributed by atoms with van der Waals surface area (Å²) in [5.41, 5.74) is 11.5. The number of aromatic amines is 1. The molecular formula is C15H28N4O5. The van der Waals surface area contributed by atoms with Crippen LogP contribution in [0.25, 0.3) is 0 Å². The Balaban J connectivity index is 0.000000272. The molecule has 1 fully saturated rings. The Bertz CT molecular complexity index is 525. The molecule has 3 atom stereocenters. The molecule has 138 valence electrons. The number of aromatic nitrogens is 2. The number of aliphatic hydroxyl groups excluding tert-OH is 3. The fourth-order valence-electron chi connectivity index (χ4n) is 2.28. The van der Waals surface area contributed by atoms with E-state index in [2.05, 4.69) is 9.97 Å². The maximum atomic E-state index is 10.8. The van der Waals surface area contributed by atoms with Gasteiger partial charge in [-0.15, -0.1) is 0 Å². The van der Waals surface area contributed by atoms with Crippen molar-refractivity contribution in [1.29, 1.82) is 0 Å². The number of hydrogen-bond acceptors (Lipinski definition) is 8. The third kappa shape index (κ3) is 6.93. The minimum Gasteiger partial charge on any atom is -0.394 e. The van der Waals surface area contributed by atoms with Crippen LogP contribution >= 0.6 is 0 Å². The Morgan fingerprint density at radius 2 is 2.00 bits per heavy atom.